The van der Waals surface area contributed by atoms with Crippen molar-refractivity contribution >= 4 is 31.9 Å². The Kier molecular flexibility index (Phi) is 5.96. The SMILES string of the molecule is Cc1cc(Br)cc(C(=O)NCCCNS(C)(=O)=O)c1. The van der Waals surface area contributed by atoms with E-state index < -0.39 is 10.0 Å². The van der Waals surface area contributed by atoms with E-state index in [0.29, 0.717) is 25.1 Å². The number of aryl methyl sites for hydroxylation is 1. The van der Waals surface area contributed by atoms with Crippen LogP contribution in [0.15, 0.2) is 22.7 Å². The highest BCUT2D eigenvalue weighted by Crippen LogP contribution is 2.15. The van der Waals surface area contributed by atoms with Gasteiger partial charge in [-0.25, -0.2) is 13.1 Å². The van der Waals surface area contributed by atoms with E-state index in [1.807, 2.05) is 13.0 Å². The van der Waals surface area contributed by atoms with Gasteiger partial charge in [0.15, 0.2) is 0 Å². The Labute approximate surface area is 122 Å². The fraction of sp³-hybridized carbons (Fsp3) is 0.417. The van der Waals surface area contributed by atoms with Gasteiger partial charge in [0, 0.05) is 23.1 Å². The lowest BCUT2D eigenvalue weighted by Crippen LogP contribution is -2.29. The molecule has 0 spiro atoms. The quantitative estimate of drug-likeness (QED) is 0.763. The Hall–Kier alpha value is -0.920. The van der Waals surface area contributed by atoms with E-state index in [1.165, 1.54) is 0 Å². The Morgan fingerprint density at radius 1 is 1.26 bits per heavy atom. The van der Waals surface area contributed by atoms with E-state index in [9.17, 15) is 13.2 Å². The van der Waals surface area contributed by atoms with E-state index in [0.717, 1.165) is 16.3 Å². The van der Waals surface area contributed by atoms with Crippen molar-refractivity contribution < 1.29 is 13.2 Å². The zero-order chi connectivity index (χ0) is 14.5. The van der Waals surface area contributed by atoms with Crippen molar-refractivity contribution in [2.75, 3.05) is 19.3 Å². The summed E-state index contributed by atoms with van der Waals surface area (Å²) in [6, 6.07) is 5.47. The summed E-state index contributed by atoms with van der Waals surface area (Å²) in [4.78, 5) is 11.8. The predicted molar refractivity (Wildman–Crippen MR) is 78.7 cm³/mol. The molecule has 0 saturated carbocycles. The molecule has 0 heterocycles. The van der Waals surface area contributed by atoms with Gasteiger partial charge < -0.3 is 5.32 Å². The van der Waals surface area contributed by atoms with Crippen molar-refractivity contribution in [2.45, 2.75) is 13.3 Å². The second-order valence-electron chi connectivity index (χ2n) is 4.29. The van der Waals surface area contributed by atoms with E-state index in [1.54, 1.807) is 12.1 Å². The van der Waals surface area contributed by atoms with E-state index in [2.05, 4.69) is 26.0 Å². The molecule has 1 rings (SSSR count). The molecule has 1 aromatic rings. The molecule has 0 atom stereocenters. The number of carbonyl (C=O) groups is 1. The molecule has 0 aliphatic carbocycles. The normalized spacial score (nSPS) is 11.3. The average Bonchev–Trinajstić information content (AvgIpc) is 2.25. The molecule has 0 aromatic heterocycles. The van der Waals surface area contributed by atoms with Crippen molar-refractivity contribution in [2.24, 2.45) is 0 Å². The van der Waals surface area contributed by atoms with Crippen LogP contribution in [0.4, 0.5) is 0 Å². The molecule has 1 aromatic carbocycles. The summed E-state index contributed by atoms with van der Waals surface area (Å²) >= 11 is 3.34. The number of rotatable bonds is 6. The molecule has 106 valence electrons. The molecule has 1 amide bonds. The van der Waals surface area contributed by atoms with Gasteiger partial charge in [0.25, 0.3) is 5.91 Å². The van der Waals surface area contributed by atoms with Crippen LogP contribution in [0.25, 0.3) is 0 Å². The maximum Gasteiger partial charge on any atom is 0.251 e. The third-order valence-electron chi connectivity index (χ3n) is 2.31. The average molecular weight is 349 g/mol. The van der Waals surface area contributed by atoms with Crippen molar-refractivity contribution in [1.29, 1.82) is 0 Å². The molecule has 0 bridgehead atoms. The van der Waals surface area contributed by atoms with Crippen LogP contribution in [-0.2, 0) is 10.0 Å². The highest BCUT2D eigenvalue weighted by molar-refractivity contribution is 9.10. The zero-order valence-corrected chi connectivity index (χ0v) is 13.3. The van der Waals surface area contributed by atoms with E-state index in [4.69, 9.17) is 0 Å². The molecule has 0 aliphatic rings. The van der Waals surface area contributed by atoms with Crippen LogP contribution >= 0.6 is 15.9 Å². The third kappa shape index (κ3) is 6.70. The minimum Gasteiger partial charge on any atom is -0.352 e. The van der Waals surface area contributed by atoms with E-state index >= 15 is 0 Å². The second-order valence-corrected chi connectivity index (χ2v) is 7.04. The van der Waals surface area contributed by atoms with Crippen LogP contribution in [0.1, 0.15) is 22.3 Å². The molecule has 0 saturated heterocycles. The van der Waals surface area contributed by atoms with Crippen molar-refractivity contribution in [1.82, 2.24) is 10.0 Å². The molecule has 2 N–H and O–H groups in total. The first-order valence-corrected chi connectivity index (χ1v) is 8.46. The van der Waals surface area contributed by atoms with Crippen LogP contribution in [-0.4, -0.2) is 33.7 Å². The molecule has 0 aliphatic heterocycles. The third-order valence-corrected chi connectivity index (χ3v) is 3.49. The molecule has 0 unspecified atom stereocenters. The topological polar surface area (TPSA) is 75.3 Å². The van der Waals surface area contributed by atoms with Crippen molar-refractivity contribution in [3.8, 4) is 0 Å². The number of hydrogen-bond acceptors (Lipinski definition) is 3. The Morgan fingerprint density at radius 3 is 2.53 bits per heavy atom. The van der Waals surface area contributed by atoms with Gasteiger partial charge >= 0.3 is 0 Å². The van der Waals surface area contributed by atoms with E-state index in [-0.39, 0.29) is 5.91 Å². The summed E-state index contributed by atoms with van der Waals surface area (Å²) in [5.74, 6) is -0.163. The van der Waals surface area contributed by atoms with Gasteiger partial charge in [-0.1, -0.05) is 15.9 Å². The standard InChI is InChI=1S/C12H17BrN2O3S/c1-9-6-10(8-11(13)7-9)12(16)14-4-3-5-15-19(2,17)18/h6-8,15H,3-5H2,1-2H3,(H,14,16). The maximum absolute atomic E-state index is 11.8. The summed E-state index contributed by atoms with van der Waals surface area (Å²) in [7, 11) is -3.16. The molecular weight excluding hydrogens is 332 g/mol. The van der Waals surface area contributed by atoms with Crippen LogP contribution in [0.5, 0.6) is 0 Å². The lowest BCUT2D eigenvalue weighted by atomic mass is 10.1. The number of nitrogens with one attached hydrogen (secondary N) is 2. The molecule has 0 fully saturated rings. The number of halogens is 1. The van der Waals surface area contributed by atoms with Gasteiger partial charge in [-0.05, 0) is 37.1 Å². The largest absolute Gasteiger partial charge is 0.352 e. The van der Waals surface area contributed by atoms with Crippen LogP contribution in [0, 0.1) is 6.92 Å². The lowest BCUT2D eigenvalue weighted by molar-refractivity contribution is 0.0953. The van der Waals surface area contributed by atoms with Gasteiger partial charge in [0.2, 0.25) is 10.0 Å². The number of benzene rings is 1. The molecule has 5 nitrogen and oxygen atoms in total. The van der Waals surface area contributed by atoms with Crippen molar-refractivity contribution in [3.05, 3.63) is 33.8 Å². The smallest absolute Gasteiger partial charge is 0.251 e. The maximum atomic E-state index is 11.8. The highest BCUT2D eigenvalue weighted by atomic mass is 79.9. The van der Waals surface area contributed by atoms with Crippen molar-refractivity contribution in [3.63, 3.8) is 0 Å². The second kappa shape index (κ2) is 7.02. The molecule has 19 heavy (non-hydrogen) atoms. The Bertz CT molecular complexity index is 538. The first-order chi connectivity index (χ1) is 8.78. The fourth-order valence-electron chi connectivity index (χ4n) is 1.52. The number of carbonyl (C=O) groups excluding carboxylic acids is 1. The minimum absolute atomic E-state index is 0.163. The van der Waals surface area contributed by atoms with Crippen LogP contribution in [0.3, 0.4) is 0 Å². The number of hydrogen-bond donors (Lipinski definition) is 2. The zero-order valence-electron chi connectivity index (χ0n) is 10.9. The van der Waals surface area contributed by atoms with Gasteiger partial charge in [0.1, 0.15) is 0 Å². The van der Waals surface area contributed by atoms with Crippen LogP contribution < -0.4 is 10.0 Å². The Balaban J connectivity index is 2.39. The minimum atomic E-state index is -3.16. The monoisotopic (exact) mass is 348 g/mol. The summed E-state index contributed by atoms with van der Waals surface area (Å²) < 4.78 is 24.9. The number of sulfonamides is 1. The summed E-state index contributed by atoms with van der Waals surface area (Å²) in [6.07, 6.45) is 1.65. The first kappa shape index (κ1) is 16.1. The first-order valence-electron chi connectivity index (χ1n) is 5.78. The summed E-state index contributed by atoms with van der Waals surface area (Å²) in [5, 5.41) is 2.75. The Morgan fingerprint density at radius 2 is 1.95 bits per heavy atom. The molecule has 7 heteroatoms. The fourth-order valence-corrected chi connectivity index (χ4v) is 2.64. The molecule has 0 radical (unpaired) electrons. The van der Waals surface area contributed by atoms with Gasteiger partial charge in [-0.15, -0.1) is 0 Å². The number of amides is 1. The predicted octanol–water partition coefficient (Wildman–Crippen LogP) is 1.43. The van der Waals surface area contributed by atoms with Crippen LogP contribution in [0.2, 0.25) is 0 Å². The van der Waals surface area contributed by atoms with Gasteiger partial charge in [0.05, 0.1) is 6.26 Å². The molecular formula is C12H17BrN2O3S. The lowest BCUT2D eigenvalue weighted by Gasteiger charge is -2.07. The highest BCUT2D eigenvalue weighted by Gasteiger charge is 2.06. The van der Waals surface area contributed by atoms with Gasteiger partial charge in [-0.2, -0.15) is 0 Å². The van der Waals surface area contributed by atoms with Gasteiger partial charge in [-0.3, -0.25) is 4.79 Å². The summed E-state index contributed by atoms with van der Waals surface area (Å²) in [5.41, 5.74) is 1.58. The summed E-state index contributed by atoms with van der Waals surface area (Å²) in [6.45, 7) is 2.65.